The van der Waals surface area contributed by atoms with Crippen LogP contribution in [0, 0.1) is 0 Å². The van der Waals surface area contributed by atoms with Gasteiger partial charge < -0.3 is 37.0 Å². The fourth-order valence-electron chi connectivity index (χ4n) is 4.50. The van der Waals surface area contributed by atoms with Crippen molar-refractivity contribution in [2.24, 2.45) is 0 Å². The van der Waals surface area contributed by atoms with Crippen molar-refractivity contribution in [2.45, 2.75) is 51.5 Å². The van der Waals surface area contributed by atoms with Gasteiger partial charge in [-0.05, 0) is 29.8 Å². The van der Waals surface area contributed by atoms with Crippen LogP contribution < -0.4 is 14.3 Å². The summed E-state index contributed by atoms with van der Waals surface area (Å²) in [4.78, 5) is 61.7. The minimum absolute atomic E-state index is 0.00314. The summed E-state index contributed by atoms with van der Waals surface area (Å²) in [5.74, 6) is -3.76. The lowest BCUT2D eigenvalue weighted by Crippen LogP contribution is -2.64. The van der Waals surface area contributed by atoms with E-state index in [9.17, 15) is 32.4 Å². The molecule has 0 saturated carbocycles. The van der Waals surface area contributed by atoms with Crippen molar-refractivity contribution in [3.63, 3.8) is 0 Å². The third kappa shape index (κ3) is 7.94. The highest BCUT2D eigenvalue weighted by Gasteiger charge is 2.55. The number of benzene rings is 2. The predicted octanol–water partition coefficient (Wildman–Crippen LogP) is 1.71. The zero-order chi connectivity index (χ0) is 33.1. The van der Waals surface area contributed by atoms with Crippen LogP contribution in [0.1, 0.15) is 20.8 Å². The zero-order valence-corrected chi connectivity index (χ0v) is 24.8. The lowest BCUT2D eigenvalue weighted by atomic mass is 9.97. The number of carbonyl (C=O) groups excluding carboxylic acids is 4. The van der Waals surface area contributed by atoms with Crippen LogP contribution in [-0.2, 0) is 53.3 Å². The highest BCUT2D eigenvalue weighted by molar-refractivity contribution is 7.81. The van der Waals surface area contributed by atoms with Crippen molar-refractivity contribution in [1.82, 2.24) is 0 Å². The lowest BCUT2D eigenvalue weighted by molar-refractivity contribution is -0.282. The number of methoxy groups -OCH3 is 1. The molecule has 240 valence electrons. The highest BCUT2D eigenvalue weighted by Crippen LogP contribution is 2.32. The molecule has 4 rings (SSSR count). The second kappa shape index (κ2) is 13.3. The molecule has 2 aromatic carbocycles. The molecule has 0 bridgehead atoms. The Balaban J connectivity index is 1.68. The first-order valence-electron chi connectivity index (χ1n) is 12.9. The molecule has 2 heterocycles. The van der Waals surface area contributed by atoms with Crippen LogP contribution in [0.15, 0.2) is 57.9 Å². The molecule has 1 N–H and O–H groups in total. The monoisotopic (exact) mass is 650 g/mol. The van der Waals surface area contributed by atoms with Crippen LogP contribution in [0.3, 0.4) is 0 Å². The summed E-state index contributed by atoms with van der Waals surface area (Å²) < 4.78 is 72.9. The molecule has 16 nitrogen and oxygen atoms in total. The molecule has 45 heavy (non-hydrogen) atoms. The van der Waals surface area contributed by atoms with Crippen molar-refractivity contribution < 1.29 is 69.2 Å². The molecule has 1 aliphatic heterocycles. The highest BCUT2D eigenvalue weighted by atomic mass is 32.3. The molecule has 5 unspecified atom stereocenters. The second-order valence-corrected chi connectivity index (χ2v) is 10.5. The maximum absolute atomic E-state index is 13.2. The average molecular weight is 651 g/mol. The van der Waals surface area contributed by atoms with Crippen molar-refractivity contribution in [2.75, 3.05) is 7.11 Å². The van der Waals surface area contributed by atoms with Gasteiger partial charge in [-0.1, -0.05) is 12.1 Å². The van der Waals surface area contributed by atoms with Crippen LogP contribution in [0.2, 0.25) is 0 Å². The SMILES string of the molecule is COC(=O)C1OC(Oc2ccc3c(=O)c(-c4ccc(OS(=O)(=O)O)cc4)coc3c2)C(OC(C)=O)C(OC(C)=O)C1OC(C)=O. The van der Waals surface area contributed by atoms with Crippen LogP contribution in [0.4, 0.5) is 0 Å². The van der Waals surface area contributed by atoms with Crippen molar-refractivity contribution >= 4 is 45.2 Å². The molecule has 1 aliphatic rings. The fourth-order valence-corrected chi connectivity index (χ4v) is 4.86. The molecule has 0 aliphatic carbocycles. The third-order valence-corrected chi connectivity index (χ3v) is 6.60. The maximum Gasteiger partial charge on any atom is 0.446 e. The van der Waals surface area contributed by atoms with Crippen LogP contribution in [-0.4, -0.2) is 74.7 Å². The van der Waals surface area contributed by atoms with E-state index in [1.54, 1.807) is 0 Å². The van der Waals surface area contributed by atoms with E-state index in [1.165, 1.54) is 42.5 Å². The van der Waals surface area contributed by atoms with Crippen LogP contribution >= 0.6 is 0 Å². The van der Waals surface area contributed by atoms with Gasteiger partial charge in [-0.3, -0.25) is 23.7 Å². The van der Waals surface area contributed by atoms with E-state index in [1.807, 2.05) is 0 Å². The molecule has 0 spiro atoms. The van der Waals surface area contributed by atoms with E-state index in [2.05, 4.69) is 4.18 Å². The smallest absolute Gasteiger partial charge is 0.446 e. The van der Waals surface area contributed by atoms with E-state index in [0.29, 0.717) is 5.56 Å². The number of fused-ring (bicyclic) bond motifs is 1. The van der Waals surface area contributed by atoms with Gasteiger partial charge in [0.05, 0.1) is 18.1 Å². The Kier molecular flexibility index (Phi) is 9.75. The molecule has 17 heteroatoms. The van der Waals surface area contributed by atoms with Crippen LogP contribution in [0.25, 0.3) is 22.1 Å². The fraction of sp³-hybridized carbons (Fsp3) is 0.321. The number of rotatable bonds is 9. The van der Waals surface area contributed by atoms with Gasteiger partial charge in [0.2, 0.25) is 12.4 Å². The van der Waals surface area contributed by atoms with E-state index in [4.69, 9.17) is 37.4 Å². The zero-order valence-electron chi connectivity index (χ0n) is 24.0. The summed E-state index contributed by atoms with van der Waals surface area (Å²) in [5, 5.41) is 0.111. The number of hydrogen-bond donors (Lipinski definition) is 1. The van der Waals surface area contributed by atoms with E-state index < -0.39 is 70.4 Å². The van der Waals surface area contributed by atoms with Gasteiger partial charge in [-0.25, -0.2) is 4.79 Å². The van der Waals surface area contributed by atoms with Crippen molar-refractivity contribution in [3.05, 3.63) is 59.0 Å². The quantitative estimate of drug-likeness (QED) is 0.198. The largest absolute Gasteiger partial charge is 0.467 e. The summed E-state index contributed by atoms with van der Waals surface area (Å²) in [6.45, 7) is 3.16. The molecule has 0 amide bonds. The second-order valence-electron chi connectivity index (χ2n) is 9.46. The first-order valence-corrected chi connectivity index (χ1v) is 14.3. The molecule has 1 aromatic heterocycles. The number of carbonyl (C=O) groups is 4. The van der Waals surface area contributed by atoms with Gasteiger partial charge in [0.1, 0.15) is 23.3 Å². The summed E-state index contributed by atoms with van der Waals surface area (Å²) in [6, 6.07) is 9.24. The van der Waals surface area contributed by atoms with E-state index >= 15 is 0 Å². The molecule has 1 fully saturated rings. The summed E-state index contributed by atoms with van der Waals surface area (Å²) in [6.07, 6.45) is -6.83. The Morgan fingerprint density at radius 3 is 1.98 bits per heavy atom. The number of hydrogen-bond acceptors (Lipinski definition) is 15. The number of esters is 4. The minimum atomic E-state index is -4.73. The first kappa shape index (κ1) is 32.9. The van der Waals surface area contributed by atoms with Gasteiger partial charge in [-0.15, -0.1) is 0 Å². The normalized spacial score (nSPS) is 21.3. The van der Waals surface area contributed by atoms with Gasteiger partial charge in [0.25, 0.3) is 0 Å². The van der Waals surface area contributed by atoms with Gasteiger partial charge in [0.15, 0.2) is 23.7 Å². The Morgan fingerprint density at radius 2 is 1.40 bits per heavy atom. The third-order valence-electron chi connectivity index (χ3n) is 6.20. The Hall–Kier alpha value is -5.00. The maximum atomic E-state index is 13.2. The van der Waals surface area contributed by atoms with Crippen LogP contribution in [0.5, 0.6) is 11.5 Å². The standard InChI is InChI=1S/C28H26O16S/c1-13(29)39-23-24(40-14(2)30)26(41-15(3)31)28(43-25(23)27(33)37-4)42-18-9-10-19-21(11-18)38-12-20(22(19)32)16-5-7-17(8-6-16)44-45(34,35)36/h5-12,23-26,28H,1-4H3,(H,34,35,36). The predicted molar refractivity (Wildman–Crippen MR) is 148 cm³/mol. The Labute approximate surface area is 254 Å². The van der Waals surface area contributed by atoms with Gasteiger partial charge in [-0.2, -0.15) is 8.42 Å². The molecule has 3 aromatic rings. The van der Waals surface area contributed by atoms with E-state index in [-0.39, 0.29) is 28.0 Å². The molecule has 0 radical (unpaired) electrons. The molecule has 5 atom stereocenters. The molecular weight excluding hydrogens is 624 g/mol. The number of ether oxygens (including phenoxy) is 6. The Bertz CT molecular complexity index is 1780. The first-order chi connectivity index (χ1) is 21.2. The molecule has 1 saturated heterocycles. The Morgan fingerprint density at radius 1 is 0.822 bits per heavy atom. The van der Waals surface area contributed by atoms with Gasteiger partial charge >= 0.3 is 34.3 Å². The summed E-state index contributed by atoms with van der Waals surface area (Å²) in [5.41, 5.74) is 0.0390. The summed E-state index contributed by atoms with van der Waals surface area (Å²) in [7, 11) is -3.68. The topological polar surface area (TPSA) is 217 Å². The summed E-state index contributed by atoms with van der Waals surface area (Å²) >= 11 is 0. The molecular formula is C28H26O16S. The van der Waals surface area contributed by atoms with Crippen molar-refractivity contribution in [1.29, 1.82) is 0 Å². The van der Waals surface area contributed by atoms with Gasteiger partial charge in [0, 0.05) is 26.8 Å². The van der Waals surface area contributed by atoms with E-state index in [0.717, 1.165) is 34.1 Å². The minimum Gasteiger partial charge on any atom is -0.467 e. The average Bonchev–Trinajstić information content (AvgIpc) is 2.94. The van der Waals surface area contributed by atoms with Crippen molar-refractivity contribution in [3.8, 4) is 22.6 Å². The lowest BCUT2D eigenvalue weighted by Gasteiger charge is -2.43.